The fraction of sp³-hybridized carbons (Fsp3) is 0.0143. The maximum atomic E-state index is 12.2. The molecule has 0 atom stereocenters. The predicted octanol–water partition coefficient (Wildman–Crippen LogP) is 17.3. The van der Waals surface area contributed by atoms with Crippen molar-refractivity contribution in [3.05, 3.63) is 276 Å². The summed E-state index contributed by atoms with van der Waals surface area (Å²) >= 11 is 0. The minimum atomic E-state index is -0.574. The standard InChI is InChI=1S/C70H41N5/c71-41-60-68(67-54-33-29-48(44-17-5-1-6-18-44)37-56(54)57-38-49(30-34-55(57)67)45-19-7-2-8-20-45)61(42-72)70(62(43-73)69(60)74-63-27-15-13-25-52(63)53-26-14-16-28-64(53)74)75-65-35-31-50(46-21-9-3-10-22-46)39-58(65)59-40-51(32-36-66(59)75)47-23-11-4-12-24-47/h1-40,67H. The Bertz CT molecular complexity index is 4360. The lowest BCUT2D eigenvalue weighted by Gasteiger charge is -2.25. The molecule has 0 saturated heterocycles. The zero-order valence-electron chi connectivity index (χ0n) is 40.4. The number of nitrogens with zero attached hydrogens (tertiary/aromatic N) is 5. The monoisotopic (exact) mass is 951 g/mol. The fourth-order valence-electron chi connectivity index (χ4n) is 12.0. The molecule has 1 aliphatic rings. The third kappa shape index (κ3) is 6.69. The van der Waals surface area contributed by atoms with E-state index in [1.54, 1.807) is 0 Å². The molecule has 0 N–H and O–H groups in total. The number of benzene rings is 11. The van der Waals surface area contributed by atoms with Gasteiger partial charge in [-0.1, -0.05) is 194 Å². The highest BCUT2D eigenvalue weighted by Crippen LogP contribution is 2.54. The number of fused-ring (bicyclic) bond motifs is 9. The van der Waals surface area contributed by atoms with Crippen LogP contribution >= 0.6 is 0 Å². The van der Waals surface area contributed by atoms with Crippen LogP contribution in [-0.2, 0) is 0 Å². The molecule has 0 fully saturated rings. The van der Waals surface area contributed by atoms with Gasteiger partial charge in [-0.3, -0.25) is 0 Å². The maximum Gasteiger partial charge on any atom is 0.104 e. The molecule has 0 unspecified atom stereocenters. The molecule has 0 radical (unpaired) electrons. The largest absolute Gasteiger partial charge is 0.307 e. The van der Waals surface area contributed by atoms with Crippen LogP contribution in [0.2, 0.25) is 0 Å². The zero-order chi connectivity index (χ0) is 50.1. The van der Waals surface area contributed by atoms with Crippen LogP contribution in [0.3, 0.4) is 0 Å². The van der Waals surface area contributed by atoms with Crippen molar-refractivity contribution < 1.29 is 0 Å². The highest BCUT2D eigenvalue weighted by atomic mass is 15.0. The van der Waals surface area contributed by atoms with Crippen LogP contribution in [0.1, 0.15) is 39.3 Å². The van der Waals surface area contributed by atoms with E-state index in [-0.39, 0.29) is 16.7 Å². The van der Waals surface area contributed by atoms with Crippen LogP contribution in [0.4, 0.5) is 0 Å². The first kappa shape index (κ1) is 43.3. The second-order valence-electron chi connectivity index (χ2n) is 19.2. The van der Waals surface area contributed by atoms with Gasteiger partial charge in [-0.2, -0.15) is 15.8 Å². The summed E-state index contributed by atoms with van der Waals surface area (Å²) in [4.78, 5) is 0. The van der Waals surface area contributed by atoms with Crippen molar-refractivity contribution in [3.8, 4) is 85.2 Å². The Balaban J connectivity index is 1.15. The molecule has 0 amide bonds. The van der Waals surface area contributed by atoms with Gasteiger partial charge in [0.15, 0.2) is 0 Å². The summed E-state index contributed by atoms with van der Waals surface area (Å²) in [5.74, 6) is -0.574. The highest BCUT2D eigenvalue weighted by molar-refractivity contribution is 6.13. The zero-order valence-corrected chi connectivity index (χ0v) is 40.4. The van der Waals surface area contributed by atoms with Gasteiger partial charge in [0.1, 0.15) is 23.8 Å². The Hall–Kier alpha value is -10.5. The summed E-state index contributed by atoms with van der Waals surface area (Å²) in [5, 5.41) is 40.3. The molecule has 0 bridgehead atoms. The Morgan fingerprint density at radius 3 is 0.973 bits per heavy atom. The van der Waals surface area contributed by atoms with E-state index in [1.165, 1.54) is 0 Å². The average molecular weight is 952 g/mol. The molecule has 5 heteroatoms. The van der Waals surface area contributed by atoms with E-state index < -0.39 is 5.92 Å². The average Bonchev–Trinajstić information content (AvgIpc) is 4.16. The van der Waals surface area contributed by atoms with E-state index in [4.69, 9.17) is 0 Å². The van der Waals surface area contributed by atoms with Gasteiger partial charge in [0, 0.05) is 33.0 Å². The van der Waals surface area contributed by atoms with Gasteiger partial charge in [-0.15, -0.1) is 0 Å². The predicted molar refractivity (Wildman–Crippen MR) is 304 cm³/mol. The molecule has 0 aliphatic heterocycles. The molecular formula is C70H41N5. The van der Waals surface area contributed by atoms with Crippen LogP contribution < -0.4 is 0 Å². The first-order valence-corrected chi connectivity index (χ1v) is 25.1. The van der Waals surface area contributed by atoms with Crippen LogP contribution in [0.15, 0.2) is 243 Å². The Kier molecular flexibility index (Phi) is 10.0. The Morgan fingerprint density at radius 2 is 0.600 bits per heavy atom. The summed E-state index contributed by atoms with van der Waals surface area (Å²) in [7, 11) is 0. The van der Waals surface area contributed by atoms with Gasteiger partial charge in [0.2, 0.25) is 0 Å². The lowest BCUT2D eigenvalue weighted by atomic mass is 9.80. The van der Waals surface area contributed by atoms with Crippen molar-refractivity contribution in [2.24, 2.45) is 0 Å². The number of rotatable bonds is 7. The highest BCUT2D eigenvalue weighted by Gasteiger charge is 2.39. The smallest absolute Gasteiger partial charge is 0.104 e. The molecule has 13 aromatic rings. The van der Waals surface area contributed by atoms with Gasteiger partial charge in [0.05, 0.1) is 44.6 Å². The lowest BCUT2D eigenvalue weighted by Crippen LogP contribution is -2.16. The molecular weight excluding hydrogens is 911 g/mol. The molecule has 1 aliphatic carbocycles. The molecule has 14 rings (SSSR count). The van der Waals surface area contributed by atoms with E-state index in [1.807, 2.05) is 72.8 Å². The second-order valence-corrected chi connectivity index (χ2v) is 19.2. The van der Waals surface area contributed by atoms with Gasteiger partial charge < -0.3 is 9.13 Å². The van der Waals surface area contributed by atoms with Crippen molar-refractivity contribution in [1.29, 1.82) is 15.8 Å². The van der Waals surface area contributed by atoms with Crippen molar-refractivity contribution >= 4 is 43.6 Å². The van der Waals surface area contributed by atoms with E-state index in [9.17, 15) is 15.8 Å². The van der Waals surface area contributed by atoms with Gasteiger partial charge in [-0.25, -0.2) is 0 Å². The van der Waals surface area contributed by atoms with Crippen molar-refractivity contribution in [1.82, 2.24) is 9.13 Å². The van der Waals surface area contributed by atoms with Crippen molar-refractivity contribution in [2.75, 3.05) is 0 Å². The topological polar surface area (TPSA) is 81.2 Å². The van der Waals surface area contributed by atoms with Crippen molar-refractivity contribution in [3.63, 3.8) is 0 Å². The van der Waals surface area contributed by atoms with Gasteiger partial charge in [0.25, 0.3) is 0 Å². The van der Waals surface area contributed by atoms with Crippen LogP contribution in [0, 0.1) is 34.0 Å². The van der Waals surface area contributed by atoms with Crippen LogP contribution in [0.5, 0.6) is 0 Å². The number of nitriles is 3. The molecule has 11 aromatic carbocycles. The molecule has 346 valence electrons. The Morgan fingerprint density at radius 1 is 0.280 bits per heavy atom. The van der Waals surface area contributed by atoms with Gasteiger partial charge in [-0.05, 0) is 115 Å². The third-order valence-electron chi connectivity index (χ3n) is 15.3. The number of hydrogen-bond acceptors (Lipinski definition) is 3. The normalized spacial score (nSPS) is 11.9. The van der Waals surface area contributed by atoms with Crippen molar-refractivity contribution in [2.45, 2.75) is 5.92 Å². The minimum Gasteiger partial charge on any atom is -0.307 e. The number of para-hydroxylation sites is 2. The second kappa shape index (κ2) is 17.4. The maximum absolute atomic E-state index is 12.2. The molecule has 0 saturated carbocycles. The third-order valence-corrected chi connectivity index (χ3v) is 15.3. The Labute approximate surface area is 433 Å². The summed E-state index contributed by atoms with van der Waals surface area (Å²) < 4.78 is 4.22. The quantitative estimate of drug-likeness (QED) is 0.160. The molecule has 5 nitrogen and oxygen atoms in total. The summed E-state index contributed by atoms with van der Waals surface area (Å²) in [6.07, 6.45) is 0. The SMILES string of the molecule is N#Cc1c(C2c3ccc(-c4ccccc4)cc3-c3cc(-c4ccccc4)ccc32)c(C#N)c(-n2c3ccc(-c4ccccc4)cc3c3cc(-c4ccccc4)ccc32)c(C#N)c1-n1c2ccccc2c2ccccc21. The summed E-state index contributed by atoms with van der Waals surface area (Å²) in [6, 6.07) is 92.1. The minimum absolute atomic E-state index is 0.230. The van der Waals surface area contributed by atoms with E-state index >= 15 is 0 Å². The lowest BCUT2D eigenvalue weighted by molar-refractivity contribution is 0.975. The molecule has 2 heterocycles. The van der Waals surface area contributed by atoms with E-state index in [2.05, 4.69) is 197 Å². The number of hydrogen-bond donors (Lipinski definition) is 0. The molecule has 2 aromatic heterocycles. The van der Waals surface area contributed by atoms with Gasteiger partial charge >= 0.3 is 0 Å². The molecule has 0 spiro atoms. The molecule has 75 heavy (non-hydrogen) atoms. The fourth-order valence-corrected chi connectivity index (χ4v) is 12.0. The first-order chi connectivity index (χ1) is 37.1. The van der Waals surface area contributed by atoms with Crippen LogP contribution in [-0.4, -0.2) is 9.13 Å². The van der Waals surface area contributed by atoms with E-state index in [0.717, 1.165) is 110 Å². The summed E-state index contributed by atoms with van der Waals surface area (Å²) in [5.41, 5.74) is 18.2. The number of aromatic nitrogens is 2. The van der Waals surface area contributed by atoms with Crippen LogP contribution in [0.25, 0.3) is 111 Å². The van der Waals surface area contributed by atoms with E-state index in [0.29, 0.717) is 16.9 Å². The first-order valence-electron chi connectivity index (χ1n) is 25.1. The summed E-state index contributed by atoms with van der Waals surface area (Å²) in [6.45, 7) is 0.